The zero-order chi connectivity index (χ0) is 33.2. The molecule has 1 aliphatic heterocycles. The van der Waals surface area contributed by atoms with Gasteiger partial charge in [0, 0.05) is 54.6 Å². The highest BCUT2D eigenvalue weighted by Gasteiger charge is 2.44. The molecule has 1 saturated heterocycles. The van der Waals surface area contributed by atoms with Crippen molar-refractivity contribution in [3.05, 3.63) is 82.6 Å². The fourth-order valence-electron chi connectivity index (χ4n) is 5.74. The first-order valence-electron chi connectivity index (χ1n) is 14.3. The summed E-state index contributed by atoms with van der Waals surface area (Å²) < 4.78 is 56.9. The van der Waals surface area contributed by atoms with Gasteiger partial charge in [0.2, 0.25) is 23.7 Å². The Morgan fingerprint density at radius 3 is 2.48 bits per heavy atom. The van der Waals surface area contributed by atoms with E-state index >= 15 is 0 Å². The molecule has 15 heteroatoms. The van der Waals surface area contributed by atoms with Crippen LogP contribution in [0.15, 0.2) is 54.7 Å². The summed E-state index contributed by atoms with van der Waals surface area (Å²) in [5, 5.41) is 22.4. The van der Waals surface area contributed by atoms with Crippen LogP contribution >= 0.6 is 11.6 Å². The van der Waals surface area contributed by atoms with Crippen LogP contribution in [0, 0.1) is 23.0 Å². The molecule has 2 N–H and O–H groups in total. The number of nitrogens with one attached hydrogen (secondary N) is 1. The smallest absolute Gasteiger partial charge is 0.258 e. The van der Waals surface area contributed by atoms with E-state index in [2.05, 4.69) is 15.3 Å². The molecule has 0 bridgehead atoms. The van der Waals surface area contributed by atoms with Gasteiger partial charge >= 0.3 is 0 Å². The van der Waals surface area contributed by atoms with Crippen molar-refractivity contribution < 1.29 is 37.1 Å². The first kappa shape index (κ1) is 32.8. The molecule has 2 aliphatic rings. The number of hydrogen-bond donors (Lipinski definition) is 2. The summed E-state index contributed by atoms with van der Waals surface area (Å²) in [6, 6.07) is 7.93. The largest absolute Gasteiger partial charge is 0.383 e. The fourth-order valence-corrected chi connectivity index (χ4v) is 5.98. The van der Waals surface area contributed by atoms with Gasteiger partial charge in [0.05, 0.1) is 11.7 Å². The summed E-state index contributed by atoms with van der Waals surface area (Å²) in [4.78, 5) is 51.1. The standard InChI is InChI=1S/C31H27ClF4N6O4/c32-24-4-2-1-3-23(24)27(28(45)39-19-5-8-31(35,36)9-6-19)41(21-12-17(33)11-18(34)13-21)26(44)15-22-14-25(43)29(46)42(22)30-38-10-7-20(16-37)40-30/h1-4,7,10-13,19,22,25,27,43H,5-6,8-9,14-15H2,(H,39,45)/t22-,25+,27-/m0/s1. The number of aliphatic hydroxyl groups is 1. The number of anilines is 2. The minimum Gasteiger partial charge on any atom is -0.383 e. The molecule has 5 rings (SSSR count). The van der Waals surface area contributed by atoms with E-state index in [4.69, 9.17) is 11.6 Å². The first-order valence-corrected chi connectivity index (χ1v) is 14.7. The molecule has 2 fully saturated rings. The van der Waals surface area contributed by atoms with Gasteiger partial charge in [0.25, 0.3) is 5.91 Å². The Labute approximate surface area is 265 Å². The zero-order valence-corrected chi connectivity index (χ0v) is 24.8. The Hall–Kier alpha value is -4.61. The quantitative estimate of drug-likeness (QED) is 0.337. The van der Waals surface area contributed by atoms with Crippen molar-refractivity contribution in [2.24, 2.45) is 0 Å². The number of halogens is 5. The highest BCUT2D eigenvalue weighted by molar-refractivity contribution is 6.31. The van der Waals surface area contributed by atoms with E-state index in [0.717, 1.165) is 21.9 Å². The number of nitriles is 1. The van der Waals surface area contributed by atoms with Gasteiger partial charge in [-0.3, -0.25) is 24.2 Å². The predicted molar refractivity (Wildman–Crippen MR) is 157 cm³/mol. The van der Waals surface area contributed by atoms with E-state index in [1.165, 1.54) is 30.5 Å². The van der Waals surface area contributed by atoms with Crippen molar-refractivity contribution in [1.82, 2.24) is 15.3 Å². The molecule has 3 amide bonds. The van der Waals surface area contributed by atoms with Crippen molar-refractivity contribution in [2.45, 2.75) is 68.7 Å². The monoisotopic (exact) mass is 658 g/mol. The van der Waals surface area contributed by atoms with Crippen LogP contribution < -0.4 is 15.1 Å². The number of hydrogen-bond acceptors (Lipinski definition) is 7. The second-order valence-electron chi connectivity index (χ2n) is 11.1. The first-order chi connectivity index (χ1) is 21.9. The Balaban J connectivity index is 1.56. The molecule has 0 spiro atoms. The lowest BCUT2D eigenvalue weighted by molar-refractivity contribution is -0.128. The maximum absolute atomic E-state index is 14.6. The summed E-state index contributed by atoms with van der Waals surface area (Å²) in [5.41, 5.74) is -0.376. The van der Waals surface area contributed by atoms with Crippen molar-refractivity contribution in [3.8, 4) is 6.07 Å². The highest BCUT2D eigenvalue weighted by atomic mass is 35.5. The average Bonchev–Trinajstić information content (AvgIpc) is 3.28. The molecule has 2 aromatic carbocycles. The minimum atomic E-state index is -2.88. The molecule has 0 radical (unpaired) electrons. The Morgan fingerprint density at radius 2 is 1.83 bits per heavy atom. The van der Waals surface area contributed by atoms with Gasteiger partial charge in [-0.05, 0) is 37.1 Å². The third-order valence-corrected chi connectivity index (χ3v) is 8.27. The molecule has 0 unspecified atom stereocenters. The normalized spacial score (nSPS) is 20.2. The predicted octanol–water partition coefficient (Wildman–Crippen LogP) is 4.60. The van der Waals surface area contributed by atoms with E-state index in [-0.39, 0.29) is 47.2 Å². The Morgan fingerprint density at radius 1 is 1.15 bits per heavy atom. The molecule has 1 aliphatic carbocycles. The highest BCUT2D eigenvalue weighted by Crippen LogP contribution is 2.37. The summed E-state index contributed by atoms with van der Waals surface area (Å²) in [5.74, 6) is -7.84. The number of alkyl halides is 2. The SMILES string of the molecule is N#Cc1ccnc(N2C(=O)[C@H](O)C[C@H]2CC(=O)N(c2cc(F)cc(F)c2)[C@H](C(=O)NC2CCC(F)(F)CC2)c2ccccc2Cl)n1. The van der Waals surface area contributed by atoms with Crippen molar-refractivity contribution in [2.75, 3.05) is 9.80 Å². The molecule has 10 nitrogen and oxygen atoms in total. The molecule has 3 aromatic rings. The molecular formula is C31H27ClF4N6O4. The summed E-state index contributed by atoms with van der Waals surface area (Å²) in [6.45, 7) is 0. The number of carbonyl (C=O) groups is 3. The molecule has 46 heavy (non-hydrogen) atoms. The van der Waals surface area contributed by atoms with Crippen LogP contribution in [0.1, 0.15) is 55.8 Å². The van der Waals surface area contributed by atoms with Crippen LogP contribution in [0.25, 0.3) is 0 Å². The molecule has 1 aromatic heterocycles. The zero-order valence-electron chi connectivity index (χ0n) is 24.0. The summed E-state index contributed by atoms with van der Waals surface area (Å²) in [6.07, 6.45) is -2.21. The van der Waals surface area contributed by atoms with E-state index in [0.29, 0.717) is 6.07 Å². The van der Waals surface area contributed by atoms with Gasteiger partial charge in [-0.1, -0.05) is 29.8 Å². The Kier molecular flexibility index (Phi) is 9.55. The summed E-state index contributed by atoms with van der Waals surface area (Å²) >= 11 is 6.49. The van der Waals surface area contributed by atoms with Crippen LogP contribution in [-0.2, 0) is 14.4 Å². The minimum absolute atomic E-state index is 0.0299. The second-order valence-corrected chi connectivity index (χ2v) is 11.5. The van der Waals surface area contributed by atoms with Gasteiger partial charge in [0.15, 0.2) is 0 Å². The molecular weight excluding hydrogens is 632 g/mol. The van der Waals surface area contributed by atoms with Crippen LogP contribution in [0.3, 0.4) is 0 Å². The topological polar surface area (TPSA) is 140 Å². The Bertz CT molecular complexity index is 1680. The van der Waals surface area contributed by atoms with Gasteiger partial charge in [-0.25, -0.2) is 27.5 Å². The average molecular weight is 659 g/mol. The fraction of sp³-hybridized carbons (Fsp3) is 0.355. The lowest BCUT2D eigenvalue weighted by atomic mass is 9.91. The molecule has 3 atom stereocenters. The molecule has 240 valence electrons. The number of amides is 3. The van der Waals surface area contributed by atoms with Crippen LogP contribution in [0.5, 0.6) is 0 Å². The maximum atomic E-state index is 14.6. The van der Waals surface area contributed by atoms with E-state index in [1.807, 2.05) is 6.07 Å². The van der Waals surface area contributed by atoms with Gasteiger partial charge in [0.1, 0.15) is 35.5 Å². The van der Waals surface area contributed by atoms with Crippen LogP contribution in [-0.4, -0.2) is 56.9 Å². The maximum Gasteiger partial charge on any atom is 0.258 e. The number of benzene rings is 2. The van der Waals surface area contributed by atoms with E-state index in [1.54, 1.807) is 6.07 Å². The van der Waals surface area contributed by atoms with E-state index in [9.17, 15) is 42.3 Å². The van der Waals surface area contributed by atoms with Crippen LogP contribution in [0.2, 0.25) is 5.02 Å². The lowest BCUT2D eigenvalue weighted by Gasteiger charge is -2.35. The number of carbonyl (C=O) groups excluding carboxylic acids is 3. The van der Waals surface area contributed by atoms with Gasteiger partial charge in [-0.2, -0.15) is 5.26 Å². The van der Waals surface area contributed by atoms with Crippen molar-refractivity contribution in [3.63, 3.8) is 0 Å². The summed E-state index contributed by atoms with van der Waals surface area (Å²) in [7, 11) is 0. The molecule has 1 saturated carbocycles. The van der Waals surface area contributed by atoms with Gasteiger partial charge in [-0.15, -0.1) is 0 Å². The number of nitrogens with zero attached hydrogens (tertiary/aromatic N) is 5. The van der Waals surface area contributed by atoms with E-state index < -0.39 is 78.8 Å². The number of aliphatic hydroxyl groups excluding tert-OH is 1. The number of aromatic nitrogens is 2. The third kappa shape index (κ3) is 7.11. The molecule has 2 heterocycles. The number of rotatable bonds is 8. The second kappa shape index (κ2) is 13.4. The van der Waals surface area contributed by atoms with Gasteiger partial charge < -0.3 is 10.4 Å². The third-order valence-electron chi connectivity index (χ3n) is 7.93. The van der Waals surface area contributed by atoms with Crippen molar-refractivity contribution in [1.29, 1.82) is 5.26 Å². The van der Waals surface area contributed by atoms with Crippen LogP contribution in [0.4, 0.5) is 29.2 Å². The lowest BCUT2D eigenvalue weighted by Crippen LogP contribution is -2.49. The van der Waals surface area contributed by atoms with Crippen molar-refractivity contribution >= 4 is 41.0 Å².